The minimum atomic E-state index is 0.714. The van der Waals surface area contributed by atoms with Crippen molar-refractivity contribution in [2.45, 2.75) is 13.1 Å². The van der Waals surface area contributed by atoms with Crippen LogP contribution in [0.3, 0.4) is 0 Å². The Bertz CT molecular complexity index is 549. The third-order valence-corrected chi connectivity index (χ3v) is 3.55. The Morgan fingerprint density at radius 3 is 2.40 bits per heavy atom. The molecular weight excluding hydrogens is 272 g/mol. The van der Waals surface area contributed by atoms with E-state index in [-0.39, 0.29) is 0 Å². The lowest BCUT2D eigenvalue weighted by molar-refractivity contribution is 0.319. The van der Waals surface area contributed by atoms with Crippen LogP contribution in [0.15, 0.2) is 42.5 Å². The molecule has 3 nitrogen and oxygen atoms in total. The van der Waals surface area contributed by atoms with Gasteiger partial charge in [-0.15, -0.1) is 0 Å². The maximum Gasteiger partial charge on any atom is 0.118 e. The van der Waals surface area contributed by atoms with E-state index in [0.29, 0.717) is 5.02 Å². The molecular formula is C16H19ClN2O. The van der Waals surface area contributed by atoms with Gasteiger partial charge in [-0.25, -0.2) is 0 Å². The predicted molar refractivity (Wildman–Crippen MR) is 84.0 cm³/mol. The van der Waals surface area contributed by atoms with Crippen molar-refractivity contribution < 1.29 is 4.74 Å². The minimum absolute atomic E-state index is 0.714. The first-order valence-corrected chi connectivity index (χ1v) is 6.82. The quantitative estimate of drug-likeness (QED) is 0.856. The molecule has 2 rings (SSSR count). The fourth-order valence-electron chi connectivity index (χ4n) is 2.11. The number of nitrogens with zero attached hydrogens (tertiary/aromatic N) is 1. The number of ether oxygens (including phenoxy) is 1. The first-order chi connectivity index (χ1) is 9.60. The second kappa shape index (κ2) is 6.64. The van der Waals surface area contributed by atoms with Gasteiger partial charge >= 0.3 is 0 Å². The Morgan fingerprint density at radius 1 is 1.10 bits per heavy atom. The molecule has 0 aliphatic rings. The molecule has 0 fully saturated rings. The van der Waals surface area contributed by atoms with Gasteiger partial charge in [0.05, 0.1) is 7.11 Å². The van der Waals surface area contributed by atoms with Gasteiger partial charge in [0.1, 0.15) is 5.75 Å². The van der Waals surface area contributed by atoms with Crippen molar-refractivity contribution in [1.29, 1.82) is 0 Å². The van der Waals surface area contributed by atoms with Crippen molar-refractivity contribution in [3.05, 3.63) is 58.6 Å². The lowest BCUT2D eigenvalue weighted by atomic mass is 10.1. The molecule has 0 saturated heterocycles. The number of hydrogen-bond acceptors (Lipinski definition) is 3. The maximum atomic E-state index is 6.19. The molecule has 2 aromatic carbocycles. The van der Waals surface area contributed by atoms with Crippen molar-refractivity contribution in [2.75, 3.05) is 19.9 Å². The highest BCUT2D eigenvalue weighted by Crippen LogP contribution is 2.24. The summed E-state index contributed by atoms with van der Waals surface area (Å²) in [5.41, 5.74) is 8.91. The summed E-state index contributed by atoms with van der Waals surface area (Å²) in [5, 5.41) is 0.714. The molecule has 0 unspecified atom stereocenters. The van der Waals surface area contributed by atoms with Crippen LogP contribution in [0.1, 0.15) is 11.1 Å². The number of halogens is 1. The summed E-state index contributed by atoms with van der Waals surface area (Å²) in [5.74, 6) is 0.867. The van der Waals surface area contributed by atoms with Crippen LogP contribution in [0.5, 0.6) is 5.75 Å². The molecule has 106 valence electrons. The minimum Gasteiger partial charge on any atom is -0.497 e. The van der Waals surface area contributed by atoms with Gasteiger partial charge in [0, 0.05) is 29.4 Å². The summed E-state index contributed by atoms with van der Waals surface area (Å²) < 4.78 is 5.15. The van der Waals surface area contributed by atoms with Crippen LogP contribution < -0.4 is 10.5 Å². The third-order valence-electron chi connectivity index (χ3n) is 3.19. The smallest absolute Gasteiger partial charge is 0.118 e. The Kier molecular flexibility index (Phi) is 4.88. The number of rotatable bonds is 5. The first kappa shape index (κ1) is 14.7. The van der Waals surface area contributed by atoms with Crippen molar-refractivity contribution in [1.82, 2.24) is 4.90 Å². The number of nitrogens with two attached hydrogens (primary N) is 1. The second-order valence-electron chi connectivity index (χ2n) is 4.83. The van der Waals surface area contributed by atoms with Crippen LogP contribution in [0.25, 0.3) is 0 Å². The molecule has 0 aromatic heterocycles. The van der Waals surface area contributed by atoms with Crippen LogP contribution in [0.2, 0.25) is 5.02 Å². The van der Waals surface area contributed by atoms with Gasteiger partial charge in [-0.05, 0) is 36.9 Å². The molecule has 0 spiro atoms. The second-order valence-corrected chi connectivity index (χ2v) is 5.24. The molecule has 0 radical (unpaired) electrons. The zero-order valence-corrected chi connectivity index (χ0v) is 12.5. The van der Waals surface area contributed by atoms with Gasteiger partial charge in [-0.3, -0.25) is 4.90 Å². The lowest BCUT2D eigenvalue weighted by Gasteiger charge is -2.19. The zero-order valence-electron chi connectivity index (χ0n) is 11.8. The van der Waals surface area contributed by atoms with E-state index in [2.05, 4.69) is 17.0 Å². The number of nitrogen functional groups attached to an aromatic ring is 1. The van der Waals surface area contributed by atoms with Crippen LogP contribution in [0.4, 0.5) is 5.69 Å². The molecule has 0 bridgehead atoms. The maximum absolute atomic E-state index is 6.19. The molecule has 0 atom stereocenters. The van der Waals surface area contributed by atoms with Crippen LogP contribution in [-0.2, 0) is 13.1 Å². The van der Waals surface area contributed by atoms with Gasteiger partial charge in [0.25, 0.3) is 0 Å². The van der Waals surface area contributed by atoms with E-state index in [4.69, 9.17) is 22.1 Å². The van der Waals surface area contributed by atoms with Crippen molar-refractivity contribution in [2.24, 2.45) is 0 Å². The van der Waals surface area contributed by atoms with Crippen molar-refractivity contribution in [3.63, 3.8) is 0 Å². The van der Waals surface area contributed by atoms with E-state index in [1.54, 1.807) is 7.11 Å². The summed E-state index contributed by atoms with van der Waals surface area (Å²) in [6.07, 6.45) is 0. The van der Waals surface area contributed by atoms with E-state index in [1.807, 2.05) is 37.4 Å². The van der Waals surface area contributed by atoms with Gasteiger partial charge in [-0.1, -0.05) is 29.8 Å². The van der Waals surface area contributed by atoms with E-state index >= 15 is 0 Å². The Hall–Kier alpha value is -1.71. The fourth-order valence-corrected chi connectivity index (χ4v) is 2.35. The average Bonchev–Trinajstić information content (AvgIpc) is 2.44. The molecule has 20 heavy (non-hydrogen) atoms. The van der Waals surface area contributed by atoms with Crippen molar-refractivity contribution >= 4 is 17.3 Å². The highest BCUT2D eigenvalue weighted by atomic mass is 35.5. The summed E-state index contributed by atoms with van der Waals surface area (Å²) >= 11 is 6.19. The number of hydrogen-bond donors (Lipinski definition) is 1. The number of benzene rings is 2. The largest absolute Gasteiger partial charge is 0.497 e. The summed E-state index contributed by atoms with van der Waals surface area (Å²) in [6, 6.07) is 13.7. The van der Waals surface area contributed by atoms with E-state index in [0.717, 1.165) is 30.1 Å². The summed E-state index contributed by atoms with van der Waals surface area (Å²) in [7, 11) is 3.72. The molecule has 0 aliphatic carbocycles. The molecule has 2 N–H and O–H groups in total. The highest BCUT2D eigenvalue weighted by Gasteiger charge is 2.08. The number of anilines is 1. The Morgan fingerprint density at radius 2 is 1.80 bits per heavy atom. The molecule has 0 heterocycles. The first-order valence-electron chi connectivity index (χ1n) is 6.44. The lowest BCUT2D eigenvalue weighted by Crippen LogP contribution is -2.18. The standard InChI is InChI=1S/C16H19ClN2O/c1-19(10-12-6-8-13(20-2)9-7-12)11-14-15(17)4-3-5-16(14)18/h3-9H,10-11,18H2,1-2H3. The van der Waals surface area contributed by atoms with E-state index < -0.39 is 0 Å². The normalized spacial score (nSPS) is 10.8. The van der Waals surface area contributed by atoms with Crippen molar-refractivity contribution in [3.8, 4) is 5.75 Å². The predicted octanol–water partition coefficient (Wildman–Crippen LogP) is 3.56. The van der Waals surface area contributed by atoms with Crippen LogP contribution in [-0.4, -0.2) is 19.1 Å². The van der Waals surface area contributed by atoms with Crippen LogP contribution >= 0.6 is 11.6 Å². The molecule has 4 heteroatoms. The summed E-state index contributed by atoms with van der Waals surface area (Å²) in [4.78, 5) is 2.18. The average molecular weight is 291 g/mol. The molecule has 0 aliphatic heterocycles. The number of methoxy groups -OCH3 is 1. The van der Waals surface area contributed by atoms with E-state index in [9.17, 15) is 0 Å². The topological polar surface area (TPSA) is 38.5 Å². The molecule has 2 aromatic rings. The highest BCUT2D eigenvalue weighted by molar-refractivity contribution is 6.31. The van der Waals surface area contributed by atoms with Gasteiger partial charge in [0.2, 0.25) is 0 Å². The van der Waals surface area contributed by atoms with E-state index in [1.165, 1.54) is 5.56 Å². The summed E-state index contributed by atoms with van der Waals surface area (Å²) in [6.45, 7) is 1.55. The van der Waals surface area contributed by atoms with Gasteiger partial charge in [0.15, 0.2) is 0 Å². The monoisotopic (exact) mass is 290 g/mol. The zero-order chi connectivity index (χ0) is 14.5. The van der Waals surface area contributed by atoms with Gasteiger partial charge < -0.3 is 10.5 Å². The molecule has 0 saturated carbocycles. The van der Waals surface area contributed by atoms with Gasteiger partial charge in [-0.2, -0.15) is 0 Å². The third kappa shape index (κ3) is 3.65. The fraction of sp³-hybridized carbons (Fsp3) is 0.250. The molecule has 0 amide bonds. The SMILES string of the molecule is COc1ccc(CN(C)Cc2c(N)cccc2Cl)cc1. The van der Waals surface area contributed by atoms with Crippen LogP contribution in [0, 0.1) is 0 Å². The Balaban J connectivity index is 2.03. The Labute approximate surface area is 124 Å².